The summed E-state index contributed by atoms with van der Waals surface area (Å²) in [6.07, 6.45) is 3.50. The molecule has 1 aromatic heterocycles. The SMILES string of the molecule is COc1ccc(C(=O)O)cc1CSc1ncc(C)cn1. The molecule has 0 radical (unpaired) electrons. The third-order valence-corrected chi connectivity index (χ3v) is 3.57. The first-order valence-electron chi connectivity index (χ1n) is 5.92. The lowest BCUT2D eigenvalue weighted by molar-refractivity contribution is 0.0696. The lowest BCUT2D eigenvalue weighted by Gasteiger charge is -2.08. The van der Waals surface area contributed by atoms with Crippen LogP contribution in [0.3, 0.4) is 0 Å². The number of aryl methyl sites for hydroxylation is 1. The first kappa shape index (κ1) is 14.3. The van der Waals surface area contributed by atoms with Crippen LogP contribution in [-0.4, -0.2) is 28.2 Å². The van der Waals surface area contributed by atoms with Gasteiger partial charge in [-0.05, 0) is 30.7 Å². The van der Waals surface area contributed by atoms with Crippen molar-refractivity contribution in [2.45, 2.75) is 17.8 Å². The summed E-state index contributed by atoms with van der Waals surface area (Å²) in [6.45, 7) is 1.92. The molecule has 0 aliphatic carbocycles. The Bertz CT molecular complexity index is 614. The van der Waals surface area contributed by atoms with Crippen molar-refractivity contribution in [1.82, 2.24) is 9.97 Å². The summed E-state index contributed by atoms with van der Waals surface area (Å²) >= 11 is 1.44. The van der Waals surface area contributed by atoms with Crippen LogP contribution in [0.25, 0.3) is 0 Å². The van der Waals surface area contributed by atoms with E-state index in [1.165, 1.54) is 17.8 Å². The molecule has 2 aromatic rings. The maximum Gasteiger partial charge on any atom is 0.335 e. The van der Waals surface area contributed by atoms with Crippen LogP contribution in [0.4, 0.5) is 0 Å². The molecular weight excluding hydrogens is 276 g/mol. The van der Waals surface area contributed by atoms with Gasteiger partial charge in [0.15, 0.2) is 5.16 Å². The van der Waals surface area contributed by atoms with Gasteiger partial charge in [0.25, 0.3) is 0 Å². The highest BCUT2D eigenvalue weighted by molar-refractivity contribution is 7.98. The van der Waals surface area contributed by atoms with Gasteiger partial charge in [-0.1, -0.05) is 11.8 Å². The van der Waals surface area contributed by atoms with E-state index in [0.29, 0.717) is 16.7 Å². The van der Waals surface area contributed by atoms with E-state index in [-0.39, 0.29) is 5.56 Å². The average Bonchev–Trinajstić information content (AvgIpc) is 2.46. The predicted octanol–water partition coefficient (Wildman–Crippen LogP) is 2.78. The van der Waals surface area contributed by atoms with E-state index in [1.807, 2.05) is 6.92 Å². The number of aromatic nitrogens is 2. The molecule has 0 saturated carbocycles. The van der Waals surface area contributed by atoms with Crippen molar-refractivity contribution in [3.63, 3.8) is 0 Å². The van der Waals surface area contributed by atoms with Crippen molar-refractivity contribution in [3.05, 3.63) is 47.3 Å². The Balaban J connectivity index is 2.16. The van der Waals surface area contributed by atoms with Crippen molar-refractivity contribution in [2.75, 3.05) is 7.11 Å². The summed E-state index contributed by atoms with van der Waals surface area (Å²) in [7, 11) is 1.56. The molecule has 0 saturated heterocycles. The van der Waals surface area contributed by atoms with E-state index >= 15 is 0 Å². The van der Waals surface area contributed by atoms with Gasteiger partial charge in [-0.25, -0.2) is 14.8 Å². The highest BCUT2D eigenvalue weighted by Crippen LogP contribution is 2.27. The highest BCUT2D eigenvalue weighted by Gasteiger charge is 2.10. The molecular formula is C14H14N2O3S. The number of rotatable bonds is 5. The van der Waals surface area contributed by atoms with Crippen LogP contribution in [0.5, 0.6) is 5.75 Å². The molecule has 0 atom stereocenters. The van der Waals surface area contributed by atoms with Gasteiger partial charge >= 0.3 is 5.97 Å². The summed E-state index contributed by atoms with van der Waals surface area (Å²) < 4.78 is 5.24. The average molecular weight is 290 g/mol. The molecule has 0 amide bonds. The van der Waals surface area contributed by atoms with Crippen LogP contribution < -0.4 is 4.74 Å². The summed E-state index contributed by atoms with van der Waals surface area (Å²) in [4.78, 5) is 19.4. The number of hydrogen-bond donors (Lipinski definition) is 1. The number of carboxylic acid groups (broad SMARTS) is 1. The molecule has 5 nitrogen and oxygen atoms in total. The lowest BCUT2D eigenvalue weighted by atomic mass is 10.1. The zero-order valence-corrected chi connectivity index (χ0v) is 12.0. The van der Waals surface area contributed by atoms with Gasteiger partial charge < -0.3 is 9.84 Å². The molecule has 20 heavy (non-hydrogen) atoms. The van der Waals surface area contributed by atoms with Gasteiger partial charge in [-0.2, -0.15) is 0 Å². The van der Waals surface area contributed by atoms with Gasteiger partial charge in [0.2, 0.25) is 0 Å². The normalized spacial score (nSPS) is 10.3. The fourth-order valence-electron chi connectivity index (χ4n) is 1.62. The molecule has 6 heteroatoms. The second-order valence-corrected chi connectivity index (χ2v) is 5.11. The van der Waals surface area contributed by atoms with Gasteiger partial charge in [0.05, 0.1) is 12.7 Å². The van der Waals surface area contributed by atoms with Gasteiger partial charge in [0, 0.05) is 23.7 Å². The number of carbonyl (C=O) groups is 1. The van der Waals surface area contributed by atoms with Crippen LogP contribution in [0, 0.1) is 6.92 Å². The van der Waals surface area contributed by atoms with E-state index in [9.17, 15) is 4.79 Å². The minimum Gasteiger partial charge on any atom is -0.496 e. The molecule has 0 aliphatic heterocycles. The van der Waals surface area contributed by atoms with Crippen LogP contribution in [0.2, 0.25) is 0 Å². The molecule has 1 heterocycles. The van der Waals surface area contributed by atoms with E-state index in [1.54, 1.807) is 31.6 Å². The largest absolute Gasteiger partial charge is 0.496 e. The van der Waals surface area contributed by atoms with Gasteiger partial charge in [-0.15, -0.1) is 0 Å². The third kappa shape index (κ3) is 3.48. The highest BCUT2D eigenvalue weighted by atomic mass is 32.2. The number of methoxy groups -OCH3 is 1. The predicted molar refractivity (Wildman–Crippen MR) is 76.3 cm³/mol. The number of thioether (sulfide) groups is 1. The minimum atomic E-state index is -0.953. The van der Waals surface area contributed by atoms with Crippen molar-refractivity contribution >= 4 is 17.7 Å². The maximum absolute atomic E-state index is 11.0. The molecule has 0 fully saturated rings. The molecule has 1 N–H and O–H groups in total. The molecule has 0 unspecified atom stereocenters. The van der Waals surface area contributed by atoms with Crippen LogP contribution in [-0.2, 0) is 5.75 Å². The summed E-state index contributed by atoms with van der Waals surface area (Å²) in [6, 6.07) is 4.80. The van der Waals surface area contributed by atoms with Crippen LogP contribution in [0.15, 0.2) is 35.7 Å². The fraction of sp³-hybridized carbons (Fsp3) is 0.214. The van der Waals surface area contributed by atoms with E-state index in [2.05, 4.69) is 9.97 Å². The van der Waals surface area contributed by atoms with Crippen molar-refractivity contribution in [3.8, 4) is 5.75 Å². The fourth-order valence-corrected chi connectivity index (χ4v) is 2.39. The monoisotopic (exact) mass is 290 g/mol. The molecule has 2 rings (SSSR count). The zero-order valence-electron chi connectivity index (χ0n) is 11.2. The van der Waals surface area contributed by atoms with Crippen molar-refractivity contribution in [1.29, 1.82) is 0 Å². The van der Waals surface area contributed by atoms with Crippen LogP contribution in [0.1, 0.15) is 21.5 Å². The molecule has 104 valence electrons. The van der Waals surface area contributed by atoms with E-state index < -0.39 is 5.97 Å². The maximum atomic E-state index is 11.0. The number of carboxylic acids is 1. The number of ether oxygens (including phenoxy) is 1. The standard InChI is InChI=1S/C14H14N2O3S/c1-9-6-15-14(16-7-9)20-8-11-5-10(13(17)18)3-4-12(11)19-2/h3-7H,8H2,1-2H3,(H,17,18). The topological polar surface area (TPSA) is 72.3 Å². The second-order valence-electron chi connectivity index (χ2n) is 4.16. The number of hydrogen-bond acceptors (Lipinski definition) is 5. The van der Waals surface area contributed by atoms with Crippen molar-refractivity contribution in [2.24, 2.45) is 0 Å². The lowest BCUT2D eigenvalue weighted by Crippen LogP contribution is -1.99. The molecule has 1 aromatic carbocycles. The minimum absolute atomic E-state index is 0.242. The van der Waals surface area contributed by atoms with Crippen LogP contribution >= 0.6 is 11.8 Å². The summed E-state index contributed by atoms with van der Waals surface area (Å²) in [5.74, 6) is 0.257. The number of aromatic carboxylic acids is 1. The number of nitrogens with zero attached hydrogens (tertiary/aromatic N) is 2. The Hall–Kier alpha value is -2.08. The van der Waals surface area contributed by atoms with E-state index in [0.717, 1.165) is 11.1 Å². The third-order valence-electron chi connectivity index (χ3n) is 2.64. The first-order chi connectivity index (χ1) is 9.60. The number of benzene rings is 1. The quantitative estimate of drug-likeness (QED) is 0.674. The van der Waals surface area contributed by atoms with Crippen molar-refractivity contribution < 1.29 is 14.6 Å². The Morgan fingerprint density at radius 3 is 2.65 bits per heavy atom. The molecule has 0 bridgehead atoms. The summed E-state index contributed by atoms with van der Waals surface area (Å²) in [5.41, 5.74) is 2.05. The smallest absolute Gasteiger partial charge is 0.335 e. The molecule has 0 spiro atoms. The Morgan fingerprint density at radius 2 is 2.05 bits per heavy atom. The Morgan fingerprint density at radius 1 is 1.35 bits per heavy atom. The van der Waals surface area contributed by atoms with E-state index in [4.69, 9.17) is 9.84 Å². The zero-order chi connectivity index (χ0) is 14.5. The second kappa shape index (κ2) is 6.38. The van der Waals surface area contributed by atoms with Gasteiger partial charge in [-0.3, -0.25) is 0 Å². The van der Waals surface area contributed by atoms with Gasteiger partial charge in [0.1, 0.15) is 5.75 Å². The Kier molecular flexibility index (Phi) is 4.57. The molecule has 0 aliphatic rings. The summed E-state index contributed by atoms with van der Waals surface area (Å²) in [5, 5.41) is 9.67. The first-order valence-corrected chi connectivity index (χ1v) is 6.90. The Labute approximate surface area is 121 Å².